The molecule has 0 amide bonds. The molecule has 1 aliphatic carbocycles. The fourth-order valence-electron chi connectivity index (χ4n) is 3.18. The molecule has 0 unspecified atom stereocenters. The summed E-state index contributed by atoms with van der Waals surface area (Å²) >= 11 is 0. The number of allylic oxidation sites excluding steroid dienone is 4. The molecule has 24 heavy (non-hydrogen) atoms. The minimum atomic E-state index is -4.35. The third-order valence-corrected chi connectivity index (χ3v) is 4.33. The molecule has 2 aromatic carbocycles. The zero-order chi connectivity index (χ0) is 17.3. The van der Waals surface area contributed by atoms with Gasteiger partial charge in [0, 0.05) is 0 Å². The molecule has 0 N–H and O–H groups in total. The molecule has 0 aliphatic heterocycles. The van der Waals surface area contributed by atoms with E-state index < -0.39 is 11.7 Å². The maximum atomic E-state index is 13.6. The lowest BCUT2D eigenvalue weighted by Gasteiger charge is -2.25. The van der Waals surface area contributed by atoms with Crippen LogP contribution in [0.4, 0.5) is 13.2 Å². The summed E-state index contributed by atoms with van der Waals surface area (Å²) in [6.07, 6.45) is -2.00. The Morgan fingerprint density at radius 1 is 0.833 bits per heavy atom. The average molecular weight is 328 g/mol. The van der Waals surface area contributed by atoms with Gasteiger partial charge in [0.15, 0.2) is 0 Å². The van der Waals surface area contributed by atoms with Gasteiger partial charge in [0.1, 0.15) is 0 Å². The van der Waals surface area contributed by atoms with Crippen LogP contribution in [0.1, 0.15) is 35.1 Å². The van der Waals surface area contributed by atoms with Gasteiger partial charge >= 0.3 is 6.18 Å². The van der Waals surface area contributed by atoms with E-state index in [2.05, 4.69) is 0 Å². The van der Waals surface area contributed by atoms with Gasteiger partial charge in [-0.05, 0) is 49.0 Å². The maximum absolute atomic E-state index is 13.6. The Bertz CT molecular complexity index is 806. The Morgan fingerprint density at radius 2 is 1.54 bits per heavy atom. The molecule has 0 saturated heterocycles. The first-order valence-electron chi connectivity index (χ1n) is 8.01. The second-order valence-electron chi connectivity index (χ2n) is 6.24. The van der Waals surface area contributed by atoms with Crippen LogP contribution in [0.5, 0.6) is 0 Å². The van der Waals surface area contributed by atoms with Gasteiger partial charge in [0.05, 0.1) is 5.57 Å². The van der Waals surface area contributed by atoms with E-state index in [4.69, 9.17) is 0 Å². The van der Waals surface area contributed by atoms with Gasteiger partial charge in [-0.3, -0.25) is 0 Å². The molecule has 3 rings (SSSR count). The zero-order valence-corrected chi connectivity index (χ0v) is 13.7. The maximum Gasteiger partial charge on any atom is 0.416 e. The van der Waals surface area contributed by atoms with E-state index in [1.165, 1.54) is 6.08 Å². The minimum absolute atomic E-state index is 0.319. The third-order valence-electron chi connectivity index (χ3n) is 4.33. The molecule has 0 fully saturated rings. The first-order valence-corrected chi connectivity index (χ1v) is 8.01. The number of rotatable bonds is 2. The molecular weight excluding hydrogens is 309 g/mol. The van der Waals surface area contributed by atoms with Gasteiger partial charge in [-0.15, -0.1) is 0 Å². The number of hydrogen-bond acceptors (Lipinski definition) is 0. The van der Waals surface area contributed by atoms with E-state index in [-0.39, 0.29) is 0 Å². The van der Waals surface area contributed by atoms with E-state index in [9.17, 15) is 13.2 Å². The number of alkyl halides is 3. The normalized spacial score (nSPS) is 15.5. The lowest BCUT2D eigenvalue weighted by molar-refractivity contribution is -0.0874. The molecule has 1 aliphatic rings. The molecule has 0 nitrogen and oxygen atoms in total. The Morgan fingerprint density at radius 3 is 2.17 bits per heavy atom. The van der Waals surface area contributed by atoms with Crippen LogP contribution in [0.15, 0.2) is 60.2 Å². The summed E-state index contributed by atoms with van der Waals surface area (Å²) in [6.45, 7) is 3.89. The largest absolute Gasteiger partial charge is 0.416 e. The highest BCUT2D eigenvalue weighted by molar-refractivity contribution is 6.00. The fourth-order valence-corrected chi connectivity index (χ4v) is 3.18. The van der Waals surface area contributed by atoms with Crippen molar-refractivity contribution in [2.24, 2.45) is 0 Å². The van der Waals surface area contributed by atoms with Gasteiger partial charge < -0.3 is 0 Å². The van der Waals surface area contributed by atoms with Crippen molar-refractivity contribution in [2.75, 3.05) is 0 Å². The molecule has 3 heteroatoms. The number of hydrogen-bond donors (Lipinski definition) is 0. The molecule has 0 aromatic heterocycles. The van der Waals surface area contributed by atoms with Gasteiger partial charge in [-0.1, -0.05) is 65.7 Å². The first-order chi connectivity index (χ1) is 11.4. The van der Waals surface area contributed by atoms with Crippen molar-refractivity contribution in [3.8, 4) is 0 Å². The van der Waals surface area contributed by atoms with Gasteiger partial charge in [0.2, 0.25) is 0 Å². The van der Waals surface area contributed by atoms with Crippen LogP contribution in [0.2, 0.25) is 0 Å². The molecule has 124 valence electrons. The van der Waals surface area contributed by atoms with Gasteiger partial charge in [-0.2, -0.15) is 13.2 Å². The molecule has 0 bridgehead atoms. The highest BCUT2D eigenvalue weighted by atomic mass is 19.4. The quantitative estimate of drug-likeness (QED) is 0.590. The van der Waals surface area contributed by atoms with Crippen LogP contribution >= 0.6 is 0 Å². The van der Waals surface area contributed by atoms with Crippen molar-refractivity contribution in [2.45, 2.75) is 32.9 Å². The molecule has 0 radical (unpaired) electrons. The summed E-state index contributed by atoms with van der Waals surface area (Å²) in [7, 11) is 0. The summed E-state index contributed by atoms with van der Waals surface area (Å²) in [5, 5.41) is 0. The minimum Gasteiger partial charge on any atom is -0.166 e. The van der Waals surface area contributed by atoms with E-state index in [0.29, 0.717) is 24.0 Å². The lowest BCUT2D eigenvalue weighted by atomic mass is 9.82. The highest BCUT2D eigenvalue weighted by Crippen LogP contribution is 2.45. The molecule has 2 aromatic rings. The van der Waals surface area contributed by atoms with Crippen molar-refractivity contribution in [3.05, 3.63) is 82.4 Å². The SMILES string of the molecule is Cc1ccc(C2=C(c3cccc(C)c3)CCC=C2C(F)(F)F)cc1. The fraction of sp³-hybridized carbons (Fsp3) is 0.238. The van der Waals surface area contributed by atoms with Crippen LogP contribution in [0, 0.1) is 13.8 Å². The van der Waals surface area contributed by atoms with Crippen molar-refractivity contribution in [1.82, 2.24) is 0 Å². The summed E-state index contributed by atoms with van der Waals surface area (Å²) < 4.78 is 40.9. The molecule has 0 heterocycles. The smallest absolute Gasteiger partial charge is 0.166 e. The van der Waals surface area contributed by atoms with E-state index in [1.54, 1.807) is 12.1 Å². The molecule has 0 atom stereocenters. The summed E-state index contributed by atoms with van der Waals surface area (Å²) in [5.41, 5.74) is 4.16. The first kappa shape index (κ1) is 16.6. The Kier molecular flexibility index (Phi) is 4.35. The predicted octanol–water partition coefficient (Wildman–Crippen LogP) is 6.50. The molecule has 0 spiro atoms. The van der Waals surface area contributed by atoms with Crippen molar-refractivity contribution < 1.29 is 13.2 Å². The van der Waals surface area contributed by atoms with Crippen LogP contribution in [-0.2, 0) is 0 Å². The molecule has 0 saturated carbocycles. The Labute approximate surface area is 140 Å². The van der Waals surface area contributed by atoms with Gasteiger partial charge in [0.25, 0.3) is 0 Å². The summed E-state index contributed by atoms with van der Waals surface area (Å²) in [6, 6.07) is 15.0. The lowest BCUT2D eigenvalue weighted by Crippen LogP contribution is -2.17. The zero-order valence-electron chi connectivity index (χ0n) is 13.7. The van der Waals surface area contributed by atoms with Crippen LogP contribution in [0.25, 0.3) is 11.1 Å². The number of aryl methyl sites for hydroxylation is 2. The van der Waals surface area contributed by atoms with Crippen LogP contribution in [-0.4, -0.2) is 6.18 Å². The Hall–Kier alpha value is -2.29. The van der Waals surface area contributed by atoms with E-state index in [1.807, 2.05) is 50.2 Å². The Balaban J connectivity index is 2.25. The van der Waals surface area contributed by atoms with Crippen molar-refractivity contribution in [1.29, 1.82) is 0 Å². The second kappa shape index (κ2) is 6.31. The number of halogens is 3. The average Bonchev–Trinajstić information content (AvgIpc) is 2.54. The standard InChI is InChI=1S/C21H19F3/c1-14-9-11-16(12-10-14)20-18(17-6-3-5-15(2)13-17)7-4-8-19(20)21(22,23)24/h3,5-6,8-13H,4,7H2,1-2H3. The summed E-state index contributed by atoms with van der Waals surface area (Å²) in [4.78, 5) is 0. The van der Waals surface area contributed by atoms with Crippen molar-refractivity contribution in [3.63, 3.8) is 0 Å². The van der Waals surface area contributed by atoms with E-state index >= 15 is 0 Å². The van der Waals surface area contributed by atoms with Crippen LogP contribution in [0.3, 0.4) is 0 Å². The number of benzene rings is 2. The topological polar surface area (TPSA) is 0 Å². The predicted molar refractivity (Wildman–Crippen MR) is 92.5 cm³/mol. The highest BCUT2D eigenvalue weighted by Gasteiger charge is 2.38. The van der Waals surface area contributed by atoms with E-state index in [0.717, 1.165) is 22.3 Å². The van der Waals surface area contributed by atoms with Crippen molar-refractivity contribution >= 4 is 11.1 Å². The second-order valence-corrected chi connectivity index (χ2v) is 6.24. The third kappa shape index (κ3) is 3.30. The monoisotopic (exact) mass is 328 g/mol. The summed E-state index contributed by atoms with van der Waals surface area (Å²) in [5.74, 6) is 0. The van der Waals surface area contributed by atoms with Crippen LogP contribution < -0.4 is 0 Å². The van der Waals surface area contributed by atoms with Gasteiger partial charge in [-0.25, -0.2) is 0 Å². The molecular formula is C21H19F3.